The van der Waals surface area contributed by atoms with Crippen LogP contribution in [0.5, 0.6) is 0 Å². The Kier molecular flexibility index (Phi) is 11.9. The highest BCUT2D eigenvalue weighted by Crippen LogP contribution is 2.24. The molecule has 1 aromatic rings. The number of nitrogens with one attached hydrogen (secondary N) is 2. The summed E-state index contributed by atoms with van der Waals surface area (Å²) in [5, 5.41) is 6.64. The van der Waals surface area contributed by atoms with Crippen LogP contribution in [0, 0.1) is 12.7 Å². The summed E-state index contributed by atoms with van der Waals surface area (Å²) in [5.41, 5.74) is 1.69. The number of piperidine rings is 1. The molecule has 0 saturated carbocycles. The number of halogens is 2. The molecule has 1 aliphatic heterocycles. The van der Waals surface area contributed by atoms with Crippen LogP contribution >= 0.6 is 24.0 Å². The number of nitrogens with zero attached hydrogens (tertiary/aromatic N) is 2. The lowest BCUT2D eigenvalue weighted by Crippen LogP contribution is -2.51. The van der Waals surface area contributed by atoms with E-state index >= 15 is 0 Å². The Morgan fingerprint density at radius 3 is 2.83 bits per heavy atom. The highest BCUT2D eigenvalue weighted by molar-refractivity contribution is 14.0. The van der Waals surface area contributed by atoms with Gasteiger partial charge in [0.05, 0.1) is 31.2 Å². The molecule has 1 aliphatic rings. The van der Waals surface area contributed by atoms with E-state index in [1.807, 2.05) is 19.9 Å². The topological polar surface area (TPSA) is 83.0 Å². The van der Waals surface area contributed by atoms with Gasteiger partial charge in [-0.3, -0.25) is 4.99 Å². The highest BCUT2D eigenvalue weighted by atomic mass is 127. The molecular weight excluding hydrogens is 522 g/mol. The number of aliphatic imine (C=N–C) groups is 1. The summed E-state index contributed by atoms with van der Waals surface area (Å²) in [4.78, 5) is 6.58. The average Bonchev–Trinajstić information content (AvgIpc) is 2.66. The second-order valence-corrected chi connectivity index (χ2v) is 9.65. The number of hydrogen-bond donors (Lipinski definition) is 2. The molecule has 1 unspecified atom stereocenters. The summed E-state index contributed by atoms with van der Waals surface area (Å²) in [5.74, 6) is 0.515. The van der Waals surface area contributed by atoms with Gasteiger partial charge in [-0.2, -0.15) is 0 Å². The Morgan fingerprint density at radius 1 is 1.37 bits per heavy atom. The van der Waals surface area contributed by atoms with Gasteiger partial charge >= 0.3 is 0 Å². The Bertz CT molecular complexity index is 792. The summed E-state index contributed by atoms with van der Waals surface area (Å²) in [7, 11) is -3.01. The quantitative estimate of drug-likeness (QED) is 0.210. The lowest BCUT2D eigenvalue weighted by molar-refractivity contribution is 0.157. The van der Waals surface area contributed by atoms with Crippen LogP contribution in [-0.2, 0) is 14.6 Å². The minimum absolute atomic E-state index is 0. The molecule has 1 saturated heterocycles. The van der Waals surface area contributed by atoms with E-state index in [9.17, 15) is 12.8 Å². The van der Waals surface area contributed by atoms with E-state index in [-0.39, 0.29) is 48.2 Å². The Labute approximate surface area is 196 Å². The zero-order valence-corrected chi connectivity index (χ0v) is 21.1. The molecule has 10 heteroatoms. The standard InChI is InChI=1S/C20H33FN4O3S.HI/c1-4-22-20(23-9-11-28-12-13-29(3,26)27)24-17-6-5-10-25(15-17)19-14-16(2)7-8-18(19)21;/h7-8,14,17H,4-6,9-13,15H2,1-3H3,(H2,22,23,24);1H. The van der Waals surface area contributed by atoms with Crippen LogP contribution in [0.2, 0.25) is 0 Å². The maximum Gasteiger partial charge on any atom is 0.191 e. The molecular formula is C20H34FIN4O3S. The van der Waals surface area contributed by atoms with Crippen molar-refractivity contribution in [3.63, 3.8) is 0 Å². The monoisotopic (exact) mass is 556 g/mol. The van der Waals surface area contributed by atoms with Gasteiger partial charge in [0.25, 0.3) is 0 Å². The SMILES string of the molecule is CCNC(=NCCOCCS(C)(=O)=O)NC1CCCN(c2cc(C)ccc2F)C1.I. The van der Waals surface area contributed by atoms with Crippen LogP contribution in [0.4, 0.5) is 10.1 Å². The van der Waals surface area contributed by atoms with Crippen molar-refractivity contribution in [2.45, 2.75) is 32.7 Å². The van der Waals surface area contributed by atoms with Crippen molar-refractivity contribution in [2.24, 2.45) is 4.99 Å². The number of ether oxygens (including phenoxy) is 1. The van der Waals surface area contributed by atoms with E-state index in [4.69, 9.17) is 4.74 Å². The molecule has 0 bridgehead atoms. The number of sulfone groups is 1. The Hall–Kier alpha value is -1.14. The number of benzene rings is 1. The molecule has 1 atom stereocenters. The van der Waals surface area contributed by atoms with E-state index in [1.165, 1.54) is 12.3 Å². The fourth-order valence-corrected chi connectivity index (χ4v) is 3.65. The lowest BCUT2D eigenvalue weighted by atomic mass is 10.0. The van der Waals surface area contributed by atoms with E-state index in [1.54, 1.807) is 6.07 Å². The Balaban J connectivity index is 0.00000450. The van der Waals surface area contributed by atoms with E-state index < -0.39 is 9.84 Å². The molecule has 0 spiro atoms. The van der Waals surface area contributed by atoms with Crippen LogP contribution in [0.3, 0.4) is 0 Å². The van der Waals surface area contributed by atoms with Crippen molar-refractivity contribution < 1.29 is 17.5 Å². The van der Waals surface area contributed by atoms with Gasteiger partial charge in [-0.05, 0) is 44.4 Å². The largest absolute Gasteiger partial charge is 0.378 e. The second kappa shape index (κ2) is 13.3. The minimum Gasteiger partial charge on any atom is -0.378 e. The third-order valence-corrected chi connectivity index (χ3v) is 5.56. The molecule has 30 heavy (non-hydrogen) atoms. The molecule has 1 fully saturated rings. The summed E-state index contributed by atoms with van der Waals surface area (Å²) < 4.78 is 41.8. The maximum absolute atomic E-state index is 14.3. The van der Waals surface area contributed by atoms with Crippen LogP contribution < -0.4 is 15.5 Å². The predicted molar refractivity (Wildman–Crippen MR) is 131 cm³/mol. The van der Waals surface area contributed by atoms with Gasteiger partial charge < -0.3 is 20.3 Å². The molecule has 0 aliphatic carbocycles. The number of aryl methyl sites for hydroxylation is 1. The molecule has 172 valence electrons. The maximum atomic E-state index is 14.3. The van der Waals surface area contributed by atoms with Crippen LogP contribution in [0.25, 0.3) is 0 Å². The first-order valence-corrected chi connectivity index (χ1v) is 12.2. The van der Waals surface area contributed by atoms with Gasteiger partial charge in [-0.25, -0.2) is 12.8 Å². The summed E-state index contributed by atoms with van der Waals surface area (Å²) >= 11 is 0. The lowest BCUT2D eigenvalue weighted by Gasteiger charge is -2.35. The first kappa shape index (κ1) is 26.9. The highest BCUT2D eigenvalue weighted by Gasteiger charge is 2.22. The van der Waals surface area contributed by atoms with Crippen molar-refractivity contribution in [1.82, 2.24) is 10.6 Å². The molecule has 0 radical (unpaired) electrons. The molecule has 0 aromatic heterocycles. The van der Waals surface area contributed by atoms with Crippen molar-refractivity contribution in [1.29, 1.82) is 0 Å². The van der Waals surface area contributed by atoms with Crippen molar-refractivity contribution >= 4 is 45.5 Å². The number of hydrogen-bond acceptors (Lipinski definition) is 5. The molecule has 0 amide bonds. The van der Waals surface area contributed by atoms with Crippen LogP contribution in [0.1, 0.15) is 25.3 Å². The summed E-state index contributed by atoms with van der Waals surface area (Å²) in [6, 6.07) is 5.36. The molecule has 1 heterocycles. The average molecular weight is 556 g/mol. The van der Waals surface area contributed by atoms with E-state index in [2.05, 4.69) is 20.5 Å². The fraction of sp³-hybridized carbons (Fsp3) is 0.650. The van der Waals surface area contributed by atoms with Crippen LogP contribution in [0.15, 0.2) is 23.2 Å². The zero-order valence-electron chi connectivity index (χ0n) is 18.0. The van der Waals surface area contributed by atoms with E-state index in [0.717, 1.165) is 31.5 Å². The van der Waals surface area contributed by atoms with Gasteiger partial charge in [-0.15, -0.1) is 24.0 Å². The smallest absolute Gasteiger partial charge is 0.191 e. The number of anilines is 1. The van der Waals surface area contributed by atoms with Crippen LogP contribution in [-0.4, -0.2) is 71.8 Å². The third kappa shape index (κ3) is 9.78. The van der Waals surface area contributed by atoms with Gasteiger partial charge in [0.2, 0.25) is 0 Å². The Morgan fingerprint density at radius 2 is 2.13 bits per heavy atom. The van der Waals surface area contributed by atoms with Crippen molar-refractivity contribution in [3.8, 4) is 0 Å². The molecule has 2 rings (SSSR count). The summed E-state index contributed by atoms with van der Waals surface area (Å²) in [6.07, 6.45) is 3.15. The predicted octanol–water partition coefficient (Wildman–Crippen LogP) is 2.34. The van der Waals surface area contributed by atoms with Gasteiger partial charge in [0.1, 0.15) is 15.7 Å². The number of rotatable bonds is 9. The van der Waals surface area contributed by atoms with Gasteiger partial charge in [0, 0.05) is 31.9 Å². The normalized spacial score (nSPS) is 17.4. The molecule has 2 N–H and O–H groups in total. The van der Waals surface area contributed by atoms with Crippen molar-refractivity contribution in [2.75, 3.05) is 56.3 Å². The first-order chi connectivity index (χ1) is 13.8. The second-order valence-electron chi connectivity index (χ2n) is 7.39. The first-order valence-electron chi connectivity index (χ1n) is 10.1. The van der Waals surface area contributed by atoms with Gasteiger partial charge in [0.15, 0.2) is 5.96 Å². The van der Waals surface area contributed by atoms with Gasteiger partial charge in [-0.1, -0.05) is 6.07 Å². The third-order valence-electron chi connectivity index (χ3n) is 4.65. The molecule has 1 aromatic carbocycles. The molecule has 7 nitrogen and oxygen atoms in total. The minimum atomic E-state index is -3.01. The summed E-state index contributed by atoms with van der Waals surface area (Å²) in [6.45, 7) is 7.20. The number of guanidine groups is 1. The zero-order chi connectivity index (χ0) is 21.3. The van der Waals surface area contributed by atoms with Crippen molar-refractivity contribution in [3.05, 3.63) is 29.6 Å². The fourth-order valence-electron chi connectivity index (χ4n) is 3.23. The van der Waals surface area contributed by atoms with E-state index in [0.29, 0.717) is 31.3 Å².